The molecule has 17 heavy (non-hydrogen) atoms. The van der Waals surface area contributed by atoms with E-state index in [2.05, 4.69) is 11.2 Å². The van der Waals surface area contributed by atoms with E-state index in [0.29, 0.717) is 12.8 Å². The van der Waals surface area contributed by atoms with Crippen LogP contribution in [0.25, 0.3) is 0 Å². The van der Waals surface area contributed by atoms with Gasteiger partial charge in [0.2, 0.25) is 0 Å². The van der Waals surface area contributed by atoms with E-state index in [-0.39, 0.29) is 17.3 Å². The second-order valence-electron chi connectivity index (χ2n) is 3.72. The molecule has 1 amide bonds. The van der Waals surface area contributed by atoms with E-state index in [0.717, 1.165) is 6.07 Å². The number of nitrogen functional groups attached to an aromatic ring is 1. The molecule has 90 valence electrons. The molecule has 3 nitrogen and oxygen atoms in total. The van der Waals surface area contributed by atoms with Gasteiger partial charge in [-0.2, -0.15) is 0 Å². The molecule has 1 atom stereocenters. The lowest BCUT2D eigenvalue weighted by molar-refractivity contribution is 0.0937. The van der Waals surface area contributed by atoms with Gasteiger partial charge in [-0.05, 0) is 24.6 Å². The van der Waals surface area contributed by atoms with E-state index in [9.17, 15) is 9.18 Å². The van der Waals surface area contributed by atoms with Gasteiger partial charge in [-0.1, -0.05) is 6.92 Å². The van der Waals surface area contributed by atoms with Crippen molar-refractivity contribution in [1.29, 1.82) is 0 Å². The molecule has 0 bridgehead atoms. The smallest absolute Gasteiger partial charge is 0.253 e. The van der Waals surface area contributed by atoms with Crippen molar-refractivity contribution in [1.82, 2.24) is 5.32 Å². The molecule has 0 aromatic heterocycles. The first-order valence-electron chi connectivity index (χ1n) is 5.37. The van der Waals surface area contributed by atoms with Gasteiger partial charge in [-0.3, -0.25) is 4.79 Å². The Balaban J connectivity index is 2.82. The fourth-order valence-electron chi connectivity index (χ4n) is 1.43. The first-order valence-corrected chi connectivity index (χ1v) is 5.37. The predicted octanol–water partition coefficient (Wildman–Crippen LogP) is 1.94. The van der Waals surface area contributed by atoms with Crippen molar-refractivity contribution >= 4 is 11.6 Å². The molecule has 1 aromatic rings. The number of amides is 1. The molecule has 1 rings (SSSR count). The number of rotatable bonds is 4. The van der Waals surface area contributed by atoms with Crippen LogP contribution in [0.15, 0.2) is 18.2 Å². The first kappa shape index (κ1) is 13.0. The maximum Gasteiger partial charge on any atom is 0.253 e. The van der Waals surface area contributed by atoms with Crippen LogP contribution in [-0.2, 0) is 0 Å². The number of carbonyl (C=O) groups excluding carboxylic acids is 1. The van der Waals surface area contributed by atoms with Gasteiger partial charge in [0.15, 0.2) is 0 Å². The lowest BCUT2D eigenvalue weighted by Gasteiger charge is -2.15. The average Bonchev–Trinajstić information content (AvgIpc) is 2.31. The number of benzene rings is 1. The zero-order valence-electron chi connectivity index (χ0n) is 9.66. The lowest BCUT2D eigenvalue weighted by atomic mass is 10.1. The summed E-state index contributed by atoms with van der Waals surface area (Å²) < 4.78 is 13.0. The summed E-state index contributed by atoms with van der Waals surface area (Å²) >= 11 is 0. The molecule has 1 aromatic carbocycles. The minimum absolute atomic E-state index is 0.116. The highest BCUT2D eigenvalue weighted by atomic mass is 19.1. The van der Waals surface area contributed by atoms with Gasteiger partial charge in [0.05, 0.1) is 5.56 Å². The van der Waals surface area contributed by atoms with Crippen molar-refractivity contribution in [3.63, 3.8) is 0 Å². The van der Waals surface area contributed by atoms with Crippen LogP contribution in [0.3, 0.4) is 0 Å². The Labute approximate surface area is 100 Å². The van der Waals surface area contributed by atoms with Crippen LogP contribution in [0.2, 0.25) is 0 Å². The Kier molecular flexibility index (Phi) is 4.53. The van der Waals surface area contributed by atoms with Crippen LogP contribution in [0.1, 0.15) is 30.1 Å². The van der Waals surface area contributed by atoms with Gasteiger partial charge >= 0.3 is 0 Å². The first-order chi connectivity index (χ1) is 8.08. The number of terminal acetylenes is 1. The third kappa shape index (κ3) is 3.49. The molecular formula is C13H15FN2O. The maximum atomic E-state index is 13.0. The summed E-state index contributed by atoms with van der Waals surface area (Å²) in [4.78, 5) is 11.8. The third-order valence-electron chi connectivity index (χ3n) is 2.45. The minimum Gasteiger partial charge on any atom is -0.398 e. The molecule has 0 saturated heterocycles. The molecule has 0 saturated carbocycles. The zero-order chi connectivity index (χ0) is 12.8. The van der Waals surface area contributed by atoms with Gasteiger partial charge in [-0.15, -0.1) is 12.3 Å². The van der Waals surface area contributed by atoms with E-state index in [4.69, 9.17) is 12.2 Å². The van der Waals surface area contributed by atoms with Crippen LogP contribution < -0.4 is 11.1 Å². The van der Waals surface area contributed by atoms with Crippen LogP contribution in [-0.4, -0.2) is 11.9 Å². The summed E-state index contributed by atoms with van der Waals surface area (Å²) in [5.41, 5.74) is 6.00. The monoisotopic (exact) mass is 234 g/mol. The van der Waals surface area contributed by atoms with Gasteiger partial charge in [0.1, 0.15) is 5.82 Å². The number of halogens is 1. The van der Waals surface area contributed by atoms with Crippen molar-refractivity contribution < 1.29 is 9.18 Å². The van der Waals surface area contributed by atoms with Crippen molar-refractivity contribution in [2.45, 2.75) is 25.8 Å². The maximum absolute atomic E-state index is 13.0. The molecule has 0 aliphatic carbocycles. The van der Waals surface area contributed by atoms with E-state index < -0.39 is 11.7 Å². The molecule has 0 heterocycles. The standard InChI is InChI=1S/C13H15FN2O/c1-3-5-10(4-2)16-13(17)11-8-9(14)6-7-12(11)15/h1,6-8,10H,4-5,15H2,2H3,(H,16,17). The minimum atomic E-state index is -0.491. The quantitative estimate of drug-likeness (QED) is 0.618. The molecule has 0 spiro atoms. The molecular weight excluding hydrogens is 219 g/mol. The zero-order valence-corrected chi connectivity index (χ0v) is 9.66. The Morgan fingerprint density at radius 1 is 1.65 bits per heavy atom. The molecule has 4 heteroatoms. The van der Waals surface area contributed by atoms with E-state index in [1.165, 1.54) is 12.1 Å². The van der Waals surface area contributed by atoms with Gasteiger partial charge in [0, 0.05) is 18.2 Å². The van der Waals surface area contributed by atoms with Crippen LogP contribution in [0.5, 0.6) is 0 Å². The summed E-state index contributed by atoms with van der Waals surface area (Å²) in [6, 6.07) is 3.58. The summed E-state index contributed by atoms with van der Waals surface area (Å²) in [6.07, 6.45) is 6.34. The van der Waals surface area contributed by atoms with Gasteiger partial charge in [-0.25, -0.2) is 4.39 Å². The molecule has 3 N–H and O–H groups in total. The third-order valence-corrected chi connectivity index (χ3v) is 2.45. The number of anilines is 1. The van der Waals surface area contributed by atoms with E-state index in [1.807, 2.05) is 6.92 Å². The van der Waals surface area contributed by atoms with Crippen molar-refractivity contribution in [2.75, 3.05) is 5.73 Å². The Morgan fingerprint density at radius 3 is 2.94 bits per heavy atom. The second kappa shape index (κ2) is 5.90. The molecule has 0 fully saturated rings. The summed E-state index contributed by atoms with van der Waals surface area (Å²) in [5, 5.41) is 2.72. The Morgan fingerprint density at radius 2 is 2.35 bits per heavy atom. The summed E-state index contributed by atoms with van der Waals surface area (Å²) in [5.74, 6) is 1.59. The van der Waals surface area contributed by atoms with Gasteiger partial charge in [0.25, 0.3) is 5.91 Å². The summed E-state index contributed by atoms with van der Waals surface area (Å²) in [6.45, 7) is 1.91. The van der Waals surface area contributed by atoms with Crippen molar-refractivity contribution in [2.24, 2.45) is 0 Å². The number of hydrogen-bond donors (Lipinski definition) is 2. The average molecular weight is 234 g/mol. The highest BCUT2D eigenvalue weighted by Crippen LogP contribution is 2.13. The molecule has 1 unspecified atom stereocenters. The second-order valence-corrected chi connectivity index (χ2v) is 3.72. The fraction of sp³-hybridized carbons (Fsp3) is 0.308. The molecule has 0 aliphatic rings. The molecule has 0 aliphatic heterocycles. The molecule has 0 radical (unpaired) electrons. The SMILES string of the molecule is C#CCC(CC)NC(=O)c1cc(F)ccc1N. The van der Waals surface area contributed by atoms with Crippen LogP contribution in [0.4, 0.5) is 10.1 Å². The highest BCUT2D eigenvalue weighted by Gasteiger charge is 2.14. The van der Waals surface area contributed by atoms with Crippen LogP contribution >= 0.6 is 0 Å². The number of hydrogen-bond acceptors (Lipinski definition) is 2. The fourth-order valence-corrected chi connectivity index (χ4v) is 1.43. The van der Waals surface area contributed by atoms with Crippen LogP contribution in [0, 0.1) is 18.2 Å². The number of nitrogens with two attached hydrogens (primary N) is 1. The largest absolute Gasteiger partial charge is 0.398 e. The lowest BCUT2D eigenvalue weighted by Crippen LogP contribution is -2.34. The Bertz CT molecular complexity index is 451. The van der Waals surface area contributed by atoms with Crippen molar-refractivity contribution in [3.05, 3.63) is 29.6 Å². The topological polar surface area (TPSA) is 55.1 Å². The number of nitrogens with one attached hydrogen (secondary N) is 1. The van der Waals surface area contributed by atoms with Gasteiger partial charge < -0.3 is 11.1 Å². The van der Waals surface area contributed by atoms with E-state index in [1.54, 1.807) is 0 Å². The predicted molar refractivity (Wildman–Crippen MR) is 65.8 cm³/mol. The normalized spacial score (nSPS) is 11.6. The van der Waals surface area contributed by atoms with E-state index >= 15 is 0 Å². The highest BCUT2D eigenvalue weighted by molar-refractivity contribution is 5.99. The summed E-state index contributed by atoms with van der Waals surface area (Å²) in [7, 11) is 0. The van der Waals surface area contributed by atoms with Crippen molar-refractivity contribution in [3.8, 4) is 12.3 Å². The number of carbonyl (C=O) groups is 1. The Hall–Kier alpha value is -2.02.